The third-order valence-electron chi connectivity index (χ3n) is 2.37. The molecule has 0 aromatic carbocycles. The highest BCUT2D eigenvalue weighted by Crippen LogP contribution is 2.07. The highest BCUT2D eigenvalue weighted by molar-refractivity contribution is 5.81. The fraction of sp³-hybridized carbons (Fsp3) is 0.818. The maximum absolute atomic E-state index is 11.5. The van der Waals surface area contributed by atoms with E-state index in [-0.39, 0.29) is 12.3 Å². The van der Waals surface area contributed by atoms with E-state index in [2.05, 4.69) is 13.8 Å². The lowest BCUT2D eigenvalue weighted by Crippen LogP contribution is -2.31. The zero-order valence-electron chi connectivity index (χ0n) is 9.99. The van der Waals surface area contributed by atoms with Crippen LogP contribution in [0.3, 0.4) is 0 Å². The Kier molecular flexibility index (Phi) is 5.97. The standard InChI is InChI=1S/C11H21NO3/c1-8(2)5-6-12(4)10(13)7-9(3)11(14)15/h8-9H,5-7H2,1-4H3,(H,14,15). The number of rotatable bonds is 6. The van der Waals surface area contributed by atoms with Crippen LogP contribution in [-0.2, 0) is 9.59 Å². The topological polar surface area (TPSA) is 57.6 Å². The molecular formula is C11H21NO3. The molecule has 4 nitrogen and oxygen atoms in total. The normalized spacial score (nSPS) is 12.6. The molecule has 0 aliphatic rings. The summed E-state index contributed by atoms with van der Waals surface area (Å²) in [5, 5.41) is 8.66. The zero-order valence-corrected chi connectivity index (χ0v) is 9.99. The predicted octanol–water partition coefficient (Wildman–Crippen LogP) is 1.60. The number of hydrogen-bond donors (Lipinski definition) is 1. The molecule has 0 heterocycles. The van der Waals surface area contributed by atoms with Crippen molar-refractivity contribution in [2.24, 2.45) is 11.8 Å². The van der Waals surface area contributed by atoms with E-state index in [0.717, 1.165) is 6.42 Å². The minimum atomic E-state index is -0.916. The molecule has 1 unspecified atom stereocenters. The minimum absolute atomic E-state index is 0.0872. The van der Waals surface area contributed by atoms with Crippen molar-refractivity contribution in [2.45, 2.75) is 33.6 Å². The van der Waals surface area contributed by atoms with Gasteiger partial charge in [-0.05, 0) is 12.3 Å². The fourth-order valence-electron chi connectivity index (χ4n) is 1.08. The van der Waals surface area contributed by atoms with Crippen LogP contribution in [0.15, 0.2) is 0 Å². The average Bonchev–Trinajstić information content (AvgIpc) is 2.13. The Morgan fingerprint density at radius 1 is 1.27 bits per heavy atom. The maximum atomic E-state index is 11.5. The summed E-state index contributed by atoms with van der Waals surface area (Å²) in [7, 11) is 1.72. The van der Waals surface area contributed by atoms with Gasteiger partial charge >= 0.3 is 5.97 Å². The van der Waals surface area contributed by atoms with Gasteiger partial charge in [-0.2, -0.15) is 0 Å². The first kappa shape index (κ1) is 13.9. The molecule has 0 aliphatic heterocycles. The molecule has 0 aromatic heterocycles. The molecule has 0 aromatic rings. The van der Waals surface area contributed by atoms with Crippen LogP contribution in [0.25, 0.3) is 0 Å². The van der Waals surface area contributed by atoms with Crippen LogP contribution in [0.4, 0.5) is 0 Å². The van der Waals surface area contributed by atoms with Crippen molar-refractivity contribution in [3.8, 4) is 0 Å². The first-order valence-electron chi connectivity index (χ1n) is 5.31. The average molecular weight is 215 g/mol. The lowest BCUT2D eigenvalue weighted by Gasteiger charge is -2.19. The van der Waals surface area contributed by atoms with Crippen molar-refractivity contribution in [1.82, 2.24) is 4.90 Å². The number of amides is 1. The largest absolute Gasteiger partial charge is 0.481 e. The van der Waals surface area contributed by atoms with Gasteiger partial charge in [0.25, 0.3) is 0 Å². The van der Waals surface area contributed by atoms with E-state index >= 15 is 0 Å². The number of carboxylic acid groups (broad SMARTS) is 1. The second-order valence-corrected chi connectivity index (χ2v) is 4.44. The van der Waals surface area contributed by atoms with Crippen molar-refractivity contribution in [1.29, 1.82) is 0 Å². The van der Waals surface area contributed by atoms with E-state index in [1.165, 1.54) is 0 Å². The first-order chi connectivity index (χ1) is 6.84. The van der Waals surface area contributed by atoms with Crippen LogP contribution >= 0.6 is 0 Å². The Labute approximate surface area is 91.3 Å². The van der Waals surface area contributed by atoms with E-state index in [0.29, 0.717) is 12.5 Å². The lowest BCUT2D eigenvalue weighted by atomic mass is 10.1. The van der Waals surface area contributed by atoms with Gasteiger partial charge in [0, 0.05) is 20.0 Å². The second kappa shape index (κ2) is 6.43. The molecule has 0 radical (unpaired) electrons. The molecule has 0 saturated heterocycles. The van der Waals surface area contributed by atoms with Crippen LogP contribution in [0, 0.1) is 11.8 Å². The van der Waals surface area contributed by atoms with Crippen LogP contribution in [0.5, 0.6) is 0 Å². The predicted molar refractivity (Wildman–Crippen MR) is 58.5 cm³/mol. The van der Waals surface area contributed by atoms with Gasteiger partial charge in [-0.25, -0.2) is 0 Å². The number of carbonyl (C=O) groups is 2. The zero-order chi connectivity index (χ0) is 12.0. The summed E-state index contributed by atoms with van der Waals surface area (Å²) in [4.78, 5) is 23.7. The van der Waals surface area contributed by atoms with Gasteiger partial charge in [0.2, 0.25) is 5.91 Å². The lowest BCUT2D eigenvalue weighted by molar-refractivity contribution is -0.145. The maximum Gasteiger partial charge on any atom is 0.306 e. The molecule has 1 amide bonds. The molecule has 0 saturated carbocycles. The monoisotopic (exact) mass is 215 g/mol. The summed E-state index contributed by atoms with van der Waals surface area (Å²) < 4.78 is 0. The van der Waals surface area contributed by atoms with Gasteiger partial charge in [-0.1, -0.05) is 20.8 Å². The molecule has 0 fully saturated rings. The van der Waals surface area contributed by atoms with E-state index in [1.54, 1.807) is 18.9 Å². The Morgan fingerprint density at radius 2 is 1.80 bits per heavy atom. The summed E-state index contributed by atoms with van der Waals surface area (Å²) >= 11 is 0. The first-order valence-corrected chi connectivity index (χ1v) is 5.31. The molecule has 0 aliphatic carbocycles. The van der Waals surface area contributed by atoms with Crippen molar-refractivity contribution in [2.75, 3.05) is 13.6 Å². The number of hydrogen-bond acceptors (Lipinski definition) is 2. The second-order valence-electron chi connectivity index (χ2n) is 4.44. The third-order valence-corrected chi connectivity index (χ3v) is 2.37. The van der Waals surface area contributed by atoms with Crippen molar-refractivity contribution < 1.29 is 14.7 Å². The van der Waals surface area contributed by atoms with Crippen molar-refractivity contribution >= 4 is 11.9 Å². The minimum Gasteiger partial charge on any atom is -0.481 e. The summed E-state index contributed by atoms with van der Waals surface area (Å²) in [6.07, 6.45) is 1.04. The van der Waals surface area contributed by atoms with Crippen LogP contribution in [0.1, 0.15) is 33.6 Å². The molecule has 0 spiro atoms. The fourth-order valence-corrected chi connectivity index (χ4v) is 1.08. The Morgan fingerprint density at radius 3 is 2.20 bits per heavy atom. The third kappa shape index (κ3) is 6.10. The van der Waals surface area contributed by atoms with Crippen LogP contribution in [-0.4, -0.2) is 35.5 Å². The molecule has 15 heavy (non-hydrogen) atoms. The molecular weight excluding hydrogens is 194 g/mol. The van der Waals surface area contributed by atoms with Gasteiger partial charge in [0.15, 0.2) is 0 Å². The van der Waals surface area contributed by atoms with Gasteiger partial charge in [-0.3, -0.25) is 9.59 Å². The SMILES string of the molecule is CC(C)CCN(C)C(=O)CC(C)C(=O)O. The molecule has 88 valence electrons. The molecule has 0 rings (SSSR count). The molecule has 0 bridgehead atoms. The van der Waals surface area contributed by atoms with Gasteiger partial charge < -0.3 is 10.0 Å². The summed E-state index contributed by atoms with van der Waals surface area (Å²) in [6, 6.07) is 0. The van der Waals surface area contributed by atoms with Gasteiger partial charge in [0.05, 0.1) is 5.92 Å². The Bertz CT molecular complexity index is 226. The van der Waals surface area contributed by atoms with Crippen LogP contribution < -0.4 is 0 Å². The summed E-state index contributed by atoms with van der Waals surface area (Å²) in [5.41, 5.74) is 0. The highest BCUT2D eigenvalue weighted by Gasteiger charge is 2.18. The number of nitrogens with zero attached hydrogens (tertiary/aromatic N) is 1. The van der Waals surface area contributed by atoms with Crippen molar-refractivity contribution in [3.05, 3.63) is 0 Å². The van der Waals surface area contributed by atoms with Gasteiger partial charge in [0.1, 0.15) is 0 Å². The summed E-state index contributed by atoms with van der Waals surface area (Å²) in [5.74, 6) is -1.05. The number of carboxylic acids is 1. The van der Waals surface area contributed by atoms with E-state index in [9.17, 15) is 9.59 Å². The molecule has 4 heteroatoms. The Hall–Kier alpha value is -1.06. The quantitative estimate of drug-likeness (QED) is 0.732. The number of aliphatic carboxylic acids is 1. The van der Waals surface area contributed by atoms with E-state index in [4.69, 9.17) is 5.11 Å². The molecule has 1 atom stereocenters. The smallest absolute Gasteiger partial charge is 0.306 e. The van der Waals surface area contributed by atoms with Gasteiger partial charge in [-0.15, -0.1) is 0 Å². The van der Waals surface area contributed by atoms with E-state index in [1.807, 2.05) is 0 Å². The molecule has 1 N–H and O–H groups in total. The van der Waals surface area contributed by atoms with Crippen LogP contribution in [0.2, 0.25) is 0 Å². The summed E-state index contributed by atoms with van der Waals surface area (Å²) in [6.45, 7) is 6.44. The van der Waals surface area contributed by atoms with Crippen molar-refractivity contribution in [3.63, 3.8) is 0 Å². The highest BCUT2D eigenvalue weighted by atomic mass is 16.4. The number of carbonyl (C=O) groups excluding carboxylic acids is 1. The Balaban J connectivity index is 3.94. The van der Waals surface area contributed by atoms with E-state index < -0.39 is 11.9 Å².